The van der Waals surface area contributed by atoms with Crippen LogP contribution < -0.4 is 5.32 Å². The molecule has 0 radical (unpaired) electrons. The molecule has 0 bridgehead atoms. The van der Waals surface area contributed by atoms with E-state index in [0.717, 1.165) is 6.34 Å². The molecule has 6 heteroatoms. The Morgan fingerprint density at radius 3 is 2.88 bits per heavy atom. The molecule has 92 valence electrons. The Labute approximate surface area is 100 Å². The summed E-state index contributed by atoms with van der Waals surface area (Å²) in [7, 11) is 1.75. The van der Waals surface area contributed by atoms with Gasteiger partial charge in [0.15, 0.2) is 5.84 Å². The van der Waals surface area contributed by atoms with Gasteiger partial charge in [-0.1, -0.05) is 6.07 Å². The number of nitrogens with zero attached hydrogens (tertiary/aromatic N) is 2. The van der Waals surface area contributed by atoms with Gasteiger partial charge in [0.05, 0.1) is 19.0 Å². The van der Waals surface area contributed by atoms with Crippen molar-refractivity contribution in [2.24, 2.45) is 0 Å². The van der Waals surface area contributed by atoms with Gasteiger partial charge in [0, 0.05) is 7.05 Å². The van der Waals surface area contributed by atoms with E-state index in [-0.39, 0.29) is 18.5 Å². The van der Waals surface area contributed by atoms with Crippen LogP contribution >= 0.6 is 0 Å². The highest BCUT2D eigenvalue weighted by molar-refractivity contribution is 6.01. The zero-order valence-corrected chi connectivity index (χ0v) is 9.94. The van der Waals surface area contributed by atoms with Crippen molar-refractivity contribution < 1.29 is 5.11 Å². The molecule has 0 aliphatic rings. The quantitative estimate of drug-likeness (QED) is 0.447. The van der Waals surface area contributed by atoms with Crippen LogP contribution in [-0.4, -0.2) is 46.9 Å². The predicted octanol–water partition coefficient (Wildman–Crippen LogP) is 0.739. The molecule has 0 fully saturated rings. The lowest BCUT2D eigenvalue weighted by molar-refractivity contribution is 0.229. The first-order valence-electron chi connectivity index (χ1n) is 5.27. The molecule has 0 spiro atoms. The van der Waals surface area contributed by atoms with Crippen molar-refractivity contribution in [1.82, 2.24) is 9.88 Å². The van der Waals surface area contributed by atoms with Gasteiger partial charge in [-0.3, -0.25) is 10.8 Å². The van der Waals surface area contributed by atoms with Gasteiger partial charge in [0.25, 0.3) is 0 Å². The van der Waals surface area contributed by atoms with E-state index in [0.29, 0.717) is 11.5 Å². The molecule has 0 aromatic carbocycles. The molecule has 0 saturated heterocycles. The maximum absolute atomic E-state index is 9.06. The Balaban J connectivity index is 2.97. The van der Waals surface area contributed by atoms with Gasteiger partial charge in [-0.15, -0.1) is 0 Å². The summed E-state index contributed by atoms with van der Waals surface area (Å²) >= 11 is 0. The third-order valence-corrected chi connectivity index (χ3v) is 2.38. The second-order valence-corrected chi connectivity index (χ2v) is 3.57. The number of pyridine rings is 1. The first kappa shape index (κ1) is 13.1. The van der Waals surface area contributed by atoms with E-state index in [1.807, 2.05) is 0 Å². The molecule has 1 rings (SSSR count). The van der Waals surface area contributed by atoms with Crippen molar-refractivity contribution in [3.05, 3.63) is 23.9 Å². The normalized spacial score (nSPS) is 11.7. The molecule has 4 N–H and O–H groups in total. The van der Waals surface area contributed by atoms with Gasteiger partial charge < -0.3 is 15.3 Å². The van der Waals surface area contributed by atoms with Crippen molar-refractivity contribution in [3.8, 4) is 0 Å². The van der Waals surface area contributed by atoms with Crippen molar-refractivity contribution >= 4 is 18.0 Å². The molecule has 6 nitrogen and oxygen atoms in total. The van der Waals surface area contributed by atoms with E-state index in [1.165, 1.54) is 4.90 Å². The third kappa shape index (κ3) is 3.01. The summed E-state index contributed by atoms with van der Waals surface area (Å²) in [4.78, 5) is 5.58. The minimum absolute atomic E-state index is 0.0960. The van der Waals surface area contributed by atoms with Crippen LogP contribution in [0.4, 0.5) is 5.82 Å². The standard InChI is InChI=1S/C11H17N5O/c1-8(6-17)16(7-12)11(13)9-4-3-5-10(14-2)15-9/h3-5,7-8,12-13,17H,6H2,1-2H3,(H,14,15). The average molecular weight is 235 g/mol. The van der Waals surface area contributed by atoms with E-state index in [1.54, 1.807) is 32.2 Å². The van der Waals surface area contributed by atoms with Crippen LogP contribution in [0.3, 0.4) is 0 Å². The minimum atomic E-state index is -0.319. The zero-order chi connectivity index (χ0) is 12.8. The van der Waals surface area contributed by atoms with E-state index < -0.39 is 0 Å². The van der Waals surface area contributed by atoms with Crippen LogP contribution in [0.1, 0.15) is 12.6 Å². The highest BCUT2D eigenvalue weighted by atomic mass is 16.3. The van der Waals surface area contributed by atoms with Crippen LogP contribution in [0.25, 0.3) is 0 Å². The Bertz CT molecular complexity index is 407. The fourth-order valence-electron chi connectivity index (χ4n) is 1.34. The average Bonchev–Trinajstić information content (AvgIpc) is 2.39. The number of aromatic nitrogens is 1. The van der Waals surface area contributed by atoms with Gasteiger partial charge in [-0.25, -0.2) is 4.98 Å². The van der Waals surface area contributed by atoms with Gasteiger partial charge in [0.2, 0.25) is 0 Å². The third-order valence-electron chi connectivity index (χ3n) is 2.38. The fraction of sp³-hybridized carbons (Fsp3) is 0.364. The number of aliphatic hydroxyl groups excluding tert-OH is 1. The first-order chi connectivity index (χ1) is 8.13. The number of hydrogen-bond acceptors (Lipinski definition) is 5. The molecule has 0 aliphatic carbocycles. The fourth-order valence-corrected chi connectivity index (χ4v) is 1.34. The van der Waals surface area contributed by atoms with Crippen LogP contribution in [0.2, 0.25) is 0 Å². The number of anilines is 1. The molecule has 1 aromatic heterocycles. The highest BCUT2D eigenvalue weighted by Crippen LogP contribution is 2.08. The maximum atomic E-state index is 9.06. The van der Waals surface area contributed by atoms with E-state index in [2.05, 4.69) is 10.3 Å². The molecule has 1 heterocycles. The van der Waals surface area contributed by atoms with E-state index in [9.17, 15) is 0 Å². The number of nitrogens with one attached hydrogen (secondary N) is 3. The molecule has 1 aromatic rings. The van der Waals surface area contributed by atoms with E-state index in [4.69, 9.17) is 15.9 Å². The number of aliphatic hydroxyl groups is 1. The number of rotatable bonds is 5. The Morgan fingerprint density at radius 1 is 1.65 bits per heavy atom. The lowest BCUT2D eigenvalue weighted by Crippen LogP contribution is -2.39. The second-order valence-electron chi connectivity index (χ2n) is 3.57. The summed E-state index contributed by atoms with van der Waals surface area (Å²) in [6.07, 6.45) is 1.02. The predicted molar refractivity (Wildman–Crippen MR) is 67.8 cm³/mol. The molecule has 0 aliphatic heterocycles. The molecule has 1 atom stereocenters. The Hall–Kier alpha value is -1.95. The summed E-state index contributed by atoms with van der Waals surface area (Å²) in [5, 5.41) is 27.2. The molecule has 0 saturated carbocycles. The highest BCUT2D eigenvalue weighted by Gasteiger charge is 2.16. The summed E-state index contributed by atoms with van der Waals surface area (Å²) in [5.74, 6) is 0.757. The molecular weight excluding hydrogens is 218 g/mol. The van der Waals surface area contributed by atoms with E-state index >= 15 is 0 Å². The number of amidine groups is 1. The minimum Gasteiger partial charge on any atom is -0.394 e. The van der Waals surface area contributed by atoms with Crippen molar-refractivity contribution in [2.45, 2.75) is 13.0 Å². The molecule has 0 amide bonds. The monoisotopic (exact) mass is 235 g/mol. The van der Waals surface area contributed by atoms with Crippen molar-refractivity contribution in [2.75, 3.05) is 19.0 Å². The van der Waals surface area contributed by atoms with Gasteiger partial charge in [-0.2, -0.15) is 0 Å². The van der Waals surface area contributed by atoms with Crippen molar-refractivity contribution in [3.63, 3.8) is 0 Å². The SMILES string of the molecule is CNc1cccc(C(=N)N(C=N)C(C)CO)n1. The smallest absolute Gasteiger partial charge is 0.152 e. The summed E-state index contributed by atoms with van der Waals surface area (Å²) in [5.41, 5.74) is 0.459. The number of hydrogen-bond donors (Lipinski definition) is 4. The van der Waals surface area contributed by atoms with Gasteiger partial charge >= 0.3 is 0 Å². The van der Waals surface area contributed by atoms with Crippen LogP contribution in [-0.2, 0) is 0 Å². The summed E-state index contributed by atoms with van der Waals surface area (Å²) in [6.45, 7) is 1.62. The van der Waals surface area contributed by atoms with Gasteiger partial charge in [0.1, 0.15) is 11.5 Å². The largest absolute Gasteiger partial charge is 0.394 e. The van der Waals surface area contributed by atoms with Crippen LogP contribution in [0.5, 0.6) is 0 Å². The van der Waals surface area contributed by atoms with Gasteiger partial charge in [-0.05, 0) is 19.1 Å². The van der Waals surface area contributed by atoms with Crippen molar-refractivity contribution in [1.29, 1.82) is 10.8 Å². The summed E-state index contributed by atoms with van der Waals surface area (Å²) < 4.78 is 0. The Morgan fingerprint density at radius 2 is 2.35 bits per heavy atom. The lowest BCUT2D eigenvalue weighted by atomic mass is 10.2. The second kappa shape index (κ2) is 5.95. The van der Waals surface area contributed by atoms with Crippen LogP contribution in [0, 0.1) is 10.8 Å². The Kier molecular flexibility index (Phi) is 4.59. The molecular formula is C11H17N5O. The molecule has 1 unspecified atom stereocenters. The zero-order valence-electron chi connectivity index (χ0n) is 9.94. The first-order valence-corrected chi connectivity index (χ1v) is 5.27. The van der Waals surface area contributed by atoms with Crippen LogP contribution in [0.15, 0.2) is 18.2 Å². The topological polar surface area (TPSA) is 96.1 Å². The lowest BCUT2D eigenvalue weighted by Gasteiger charge is -2.24. The summed E-state index contributed by atoms with van der Waals surface area (Å²) in [6, 6.07) is 4.96. The maximum Gasteiger partial charge on any atom is 0.152 e. The molecule has 17 heavy (non-hydrogen) atoms.